The molecule has 2 amide bonds. The third kappa shape index (κ3) is 4.07. The van der Waals surface area contributed by atoms with Crippen LogP contribution < -0.4 is 16.0 Å². The van der Waals surface area contributed by atoms with Gasteiger partial charge in [-0.05, 0) is 24.4 Å². The number of nitrogens with one attached hydrogen (secondary N) is 3. The molecular formula is C15H17N7OS. The number of nitrogens with zero attached hydrogens (tertiary/aromatic N) is 4. The fraction of sp³-hybridized carbons (Fsp3) is 0.200. The van der Waals surface area contributed by atoms with Crippen LogP contribution >= 0.6 is 11.3 Å². The second-order valence-corrected chi connectivity index (χ2v) is 5.84. The molecule has 0 bridgehead atoms. The van der Waals surface area contributed by atoms with Gasteiger partial charge in [0, 0.05) is 31.5 Å². The highest BCUT2D eigenvalue weighted by Gasteiger charge is 2.04. The maximum Gasteiger partial charge on any atom is 0.319 e. The van der Waals surface area contributed by atoms with Crippen LogP contribution in [0.1, 0.15) is 5.82 Å². The van der Waals surface area contributed by atoms with Crippen LogP contribution in [0.15, 0.2) is 42.3 Å². The number of hydrogen-bond donors (Lipinski definition) is 3. The Kier molecular flexibility index (Phi) is 5.02. The lowest BCUT2D eigenvalue weighted by Crippen LogP contribution is -2.32. The Bertz CT molecular complexity index is 800. The van der Waals surface area contributed by atoms with Gasteiger partial charge in [-0.3, -0.25) is 9.88 Å². The number of thiophene rings is 1. The number of aryl methyl sites for hydroxylation is 1. The quantitative estimate of drug-likeness (QED) is 0.597. The molecule has 24 heavy (non-hydrogen) atoms. The summed E-state index contributed by atoms with van der Waals surface area (Å²) in [5.74, 6) is 2.28. The molecule has 0 aliphatic heterocycles. The molecule has 3 heterocycles. The Morgan fingerprint density at radius 2 is 2.21 bits per heavy atom. The van der Waals surface area contributed by atoms with Gasteiger partial charge in [0.25, 0.3) is 0 Å². The SMILES string of the molecule is Cc1nccn1-c1cc(NCCNC(=O)Nc2cccs2)ncn1. The van der Waals surface area contributed by atoms with Crippen LogP contribution in [-0.2, 0) is 0 Å². The van der Waals surface area contributed by atoms with E-state index in [1.54, 1.807) is 6.20 Å². The number of carbonyl (C=O) groups excluding carboxylic acids is 1. The Balaban J connectivity index is 1.47. The molecule has 0 fully saturated rings. The number of anilines is 2. The zero-order valence-electron chi connectivity index (χ0n) is 13.1. The van der Waals surface area contributed by atoms with Gasteiger partial charge in [-0.25, -0.2) is 19.7 Å². The molecule has 0 atom stereocenters. The van der Waals surface area contributed by atoms with E-state index in [1.807, 2.05) is 41.3 Å². The molecule has 0 saturated heterocycles. The first-order chi connectivity index (χ1) is 11.7. The first kappa shape index (κ1) is 15.9. The van der Waals surface area contributed by atoms with E-state index < -0.39 is 0 Å². The van der Waals surface area contributed by atoms with Gasteiger partial charge in [-0.2, -0.15) is 0 Å². The first-order valence-electron chi connectivity index (χ1n) is 7.37. The van der Waals surface area contributed by atoms with E-state index in [4.69, 9.17) is 0 Å². The number of hydrogen-bond acceptors (Lipinski definition) is 6. The fourth-order valence-electron chi connectivity index (χ4n) is 2.07. The van der Waals surface area contributed by atoms with Crippen LogP contribution in [0.5, 0.6) is 0 Å². The van der Waals surface area contributed by atoms with E-state index in [0.29, 0.717) is 18.9 Å². The average molecular weight is 343 g/mol. The van der Waals surface area contributed by atoms with Gasteiger partial charge in [-0.1, -0.05) is 0 Å². The molecule has 0 spiro atoms. The summed E-state index contributed by atoms with van der Waals surface area (Å²) >= 11 is 1.48. The second-order valence-electron chi connectivity index (χ2n) is 4.89. The molecule has 0 radical (unpaired) electrons. The topological polar surface area (TPSA) is 96.8 Å². The molecule has 0 aliphatic carbocycles. The molecule has 3 aromatic rings. The lowest BCUT2D eigenvalue weighted by molar-refractivity contribution is 0.252. The summed E-state index contributed by atoms with van der Waals surface area (Å²) in [5.41, 5.74) is 0. The summed E-state index contributed by atoms with van der Waals surface area (Å²) in [6.07, 6.45) is 5.06. The number of rotatable bonds is 6. The van der Waals surface area contributed by atoms with Gasteiger partial charge in [0.1, 0.15) is 23.8 Å². The first-order valence-corrected chi connectivity index (χ1v) is 8.25. The molecular weight excluding hydrogens is 326 g/mol. The van der Waals surface area contributed by atoms with Gasteiger partial charge in [0.2, 0.25) is 0 Å². The van der Waals surface area contributed by atoms with Gasteiger partial charge >= 0.3 is 6.03 Å². The van der Waals surface area contributed by atoms with Crippen molar-refractivity contribution < 1.29 is 4.79 Å². The number of urea groups is 1. The third-order valence-corrected chi connectivity index (χ3v) is 3.99. The number of carbonyl (C=O) groups is 1. The summed E-state index contributed by atoms with van der Waals surface area (Å²) in [4.78, 5) is 24.3. The molecule has 0 saturated carbocycles. The predicted molar refractivity (Wildman–Crippen MR) is 93.7 cm³/mol. The fourth-order valence-corrected chi connectivity index (χ4v) is 2.68. The Morgan fingerprint density at radius 3 is 2.96 bits per heavy atom. The molecule has 124 valence electrons. The number of aromatic nitrogens is 4. The molecule has 0 aromatic carbocycles. The lowest BCUT2D eigenvalue weighted by Gasteiger charge is -2.09. The largest absolute Gasteiger partial charge is 0.368 e. The van der Waals surface area contributed by atoms with Crippen LogP contribution in [0.2, 0.25) is 0 Å². The zero-order valence-corrected chi connectivity index (χ0v) is 13.9. The standard InChI is InChI=1S/C15H17N7OS/c1-11-16-6-7-22(11)13-9-12(19-10-20-13)17-4-5-18-15(23)21-14-3-2-8-24-14/h2-3,6-10H,4-5H2,1H3,(H,17,19,20)(H2,18,21,23). The van der Waals surface area contributed by atoms with Crippen molar-refractivity contribution in [2.75, 3.05) is 23.7 Å². The Hall–Kier alpha value is -2.94. The maximum atomic E-state index is 11.7. The molecule has 3 rings (SSSR count). The highest BCUT2D eigenvalue weighted by molar-refractivity contribution is 7.14. The molecule has 0 unspecified atom stereocenters. The van der Waals surface area contributed by atoms with E-state index in [-0.39, 0.29) is 6.03 Å². The van der Waals surface area contributed by atoms with Crippen molar-refractivity contribution >= 4 is 28.2 Å². The molecule has 3 N–H and O–H groups in total. The van der Waals surface area contributed by atoms with E-state index >= 15 is 0 Å². The summed E-state index contributed by atoms with van der Waals surface area (Å²) in [6.45, 7) is 2.93. The number of imidazole rings is 1. The predicted octanol–water partition coefficient (Wildman–Crippen LogP) is 2.27. The highest BCUT2D eigenvalue weighted by atomic mass is 32.1. The monoisotopic (exact) mass is 343 g/mol. The van der Waals surface area contributed by atoms with Crippen LogP contribution in [0.25, 0.3) is 5.82 Å². The minimum Gasteiger partial charge on any atom is -0.368 e. The van der Waals surface area contributed by atoms with E-state index in [1.165, 1.54) is 17.7 Å². The third-order valence-electron chi connectivity index (χ3n) is 3.20. The van der Waals surface area contributed by atoms with Crippen LogP contribution in [-0.4, -0.2) is 38.6 Å². The minimum absolute atomic E-state index is 0.225. The van der Waals surface area contributed by atoms with Crippen molar-refractivity contribution in [2.45, 2.75) is 6.92 Å². The number of amides is 2. The molecule has 9 heteroatoms. The smallest absolute Gasteiger partial charge is 0.319 e. The maximum absolute atomic E-state index is 11.7. The average Bonchev–Trinajstić information content (AvgIpc) is 3.23. The van der Waals surface area contributed by atoms with Crippen molar-refractivity contribution in [2.24, 2.45) is 0 Å². The van der Waals surface area contributed by atoms with E-state index in [9.17, 15) is 4.79 Å². The van der Waals surface area contributed by atoms with Crippen molar-refractivity contribution in [1.82, 2.24) is 24.8 Å². The van der Waals surface area contributed by atoms with Crippen molar-refractivity contribution in [3.05, 3.63) is 48.1 Å². The van der Waals surface area contributed by atoms with Gasteiger partial charge in [-0.15, -0.1) is 11.3 Å². The summed E-state index contributed by atoms with van der Waals surface area (Å²) in [6, 6.07) is 5.34. The van der Waals surface area contributed by atoms with Crippen molar-refractivity contribution in [3.63, 3.8) is 0 Å². The van der Waals surface area contributed by atoms with Crippen molar-refractivity contribution in [3.8, 4) is 5.82 Å². The van der Waals surface area contributed by atoms with Gasteiger partial charge < -0.3 is 10.6 Å². The minimum atomic E-state index is -0.225. The molecule has 0 aliphatic rings. The summed E-state index contributed by atoms with van der Waals surface area (Å²) < 4.78 is 1.87. The highest BCUT2D eigenvalue weighted by Crippen LogP contribution is 2.14. The zero-order chi connectivity index (χ0) is 16.8. The van der Waals surface area contributed by atoms with Gasteiger partial charge in [0.15, 0.2) is 0 Å². The molecule has 8 nitrogen and oxygen atoms in total. The van der Waals surface area contributed by atoms with Gasteiger partial charge in [0.05, 0.1) is 5.00 Å². The summed E-state index contributed by atoms with van der Waals surface area (Å²) in [5, 5.41) is 11.4. The van der Waals surface area contributed by atoms with E-state index in [0.717, 1.165) is 16.6 Å². The Morgan fingerprint density at radius 1 is 1.29 bits per heavy atom. The lowest BCUT2D eigenvalue weighted by atomic mass is 10.4. The normalized spacial score (nSPS) is 10.4. The molecule has 3 aromatic heterocycles. The second kappa shape index (κ2) is 7.55. The van der Waals surface area contributed by atoms with E-state index in [2.05, 4.69) is 30.9 Å². The Labute approximate surface area is 143 Å². The van der Waals surface area contributed by atoms with Crippen LogP contribution in [0.3, 0.4) is 0 Å². The van der Waals surface area contributed by atoms with Crippen LogP contribution in [0.4, 0.5) is 15.6 Å². The van der Waals surface area contributed by atoms with Crippen LogP contribution in [0, 0.1) is 6.92 Å². The summed E-state index contributed by atoms with van der Waals surface area (Å²) in [7, 11) is 0. The van der Waals surface area contributed by atoms with Crippen molar-refractivity contribution in [1.29, 1.82) is 0 Å².